The van der Waals surface area contributed by atoms with Crippen LogP contribution >= 0.6 is 0 Å². The molecule has 2 rings (SSSR count). The number of carbonyl (C=O) groups excluding carboxylic acids is 2. The van der Waals surface area contributed by atoms with Crippen LogP contribution in [0.25, 0.3) is 0 Å². The molecule has 0 spiro atoms. The molecule has 6 heteroatoms. The fourth-order valence-electron chi connectivity index (χ4n) is 3.14. The Labute approximate surface area is 149 Å². The third-order valence-corrected chi connectivity index (χ3v) is 4.70. The molecule has 1 aliphatic rings. The summed E-state index contributed by atoms with van der Waals surface area (Å²) < 4.78 is 1.78. The molecule has 0 aromatic carbocycles. The Bertz CT molecular complexity index is 673. The minimum absolute atomic E-state index is 0.0163. The van der Waals surface area contributed by atoms with Crippen LogP contribution in [0.1, 0.15) is 73.1 Å². The molecule has 1 saturated carbocycles. The van der Waals surface area contributed by atoms with Crippen molar-refractivity contribution in [2.45, 2.75) is 65.0 Å². The SMILES string of the molecule is CNC(=O)c1cn(CCC(C)C)cc(C(=O)NC2CCCCC2)c1=O. The second-order valence-electron chi connectivity index (χ2n) is 7.22. The molecule has 1 fully saturated rings. The Morgan fingerprint density at radius 2 is 1.72 bits per heavy atom. The van der Waals surface area contributed by atoms with Crippen molar-refractivity contribution in [3.8, 4) is 0 Å². The average Bonchev–Trinajstić information content (AvgIpc) is 2.60. The van der Waals surface area contributed by atoms with Crippen LogP contribution in [0.4, 0.5) is 0 Å². The molecule has 1 aromatic rings. The fraction of sp³-hybridized carbons (Fsp3) is 0.632. The number of hydrogen-bond acceptors (Lipinski definition) is 3. The maximum absolute atomic E-state index is 12.6. The molecule has 1 aromatic heterocycles. The van der Waals surface area contributed by atoms with Crippen molar-refractivity contribution >= 4 is 11.8 Å². The van der Waals surface area contributed by atoms with Crippen LogP contribution in [-0.4, -0.2) is 29.5 Å². The summed E-state index contributed by atoms with van der Waals surface area (Å²) in [5.74, 6) is -0.348. The van der Waals surface area contributed by atoms with Gasteiger partial charge in [-0.2, -0.15) is 0 Å². The number of hydrogen-bond donors (Lipinski definition) is 2. The largest absolute Gasteiger partial charge is 0.355 e. The highest BCUT2D eigenvalue weighted by Gasteiger charge is 2.22. The standard InChI is InChI=1S/C19H29N3O3/c1-13(2)9-10-22-11-15(18(24)20-3)17(23)16(12-22)19(25)21-14-7-5-4-6-8-14/h11-14H,4-10H2,1-3H3,(H,20,24)(H,21,25). The van der Waals surface area contributed by atoms with E-state index in [-0.39, 0.29) is 23.1 Å². The molecule has 0 unspecified atom stereocenters. The molecule has 0 aliphatic heterocycles. The summed E-state index contributed by atoms with van der Waals surface area (Å²) in [4.78, 5) is 37.3. The molecular weight excluding hydrogens is 318 g/mol. The van der Waals surface area contributed by atoms with E-state index in [0.29, 0.717) is 12.5 Å². The monoisotopic (exact) mass is 347 g/mol. The number of pyridine rings is 1. The van der Waals surface area contributed by atoms with Gasteiger partial charge in [0.2, 0.25) is 5.43 Å². The molecule has 1 heterocycles. The first-order valence-electron chi connectivity index (χ1n) is 9.19. The first kappa shape index (κ1) is 19.2. The highest BCUT2D eigenvalue weighted by Crippen LogP contribution is 2.17. The lowest BCUT2D eigenvalue weighted by Crippen LogP contribution is -2.40. The van der Waals surface area contributed by atoms with Gasteiger partial charge in [-0.05, 0) is 25.2 Å². The van der Waals surface area contributed by atoms with Gasteiger partial charge >= 0.3 is 0 Å². The van der Waals surface area contributed by atoms with E-state index in [0.717, 1.165) is 32.1 Å². The minimum Gasteiger partial charge on any atom is -0.355 e. The van der Waals surface area contributed by atoms with Crippen LogP contribution in [0.5, 0.6) is 0 Å². The normalized spacial score (nSPS) is 15.2. The molecule has 2 amide bonds. The van der Waals surface area contributed by atoms with Gasteiger partial charge in [0, 0.05) is 32.0 Å². The van der Waals surface area contributed by atoms with Crippen LogP contribution in [0.15, 0.2) is 17.2 Å². The number of nitrogens with one attached hydrogen (secondary N) is 2. The highest BCUT2D eigenvalue weighted by molar-refractivity contribution is 5.99. The molecule has 2 N–H and O–H groups in total. The van der Waals surface area contributed by atoms with E-state index in [1.165, 1.54) is 13.5 Å². The van der Waals surface area contributed by atoms with Gasteiger partial charge in [0.25, 0.3) is 11.8 Å². The van der Waals surface area contributed by atoms with E-state index in [9.17, 15) is 14.4 Å². The predicted molar refractivity (Wildman–Crippen MR) is 97.9 cm³/mol. The summed E-state index contributed by atoms with van der Waals surface area (Å²) >= 11 is 0. The van der Waals surface area contributed by atoms with Gasteiger partial charge in [-0.25, -0.2) is 0 Å². The Balaban J connectivity index is 2.29. The summed E-state index contributed by atoms with van der Waals surface area (Å²) in [7, 11) is 1.48. The first-order chi connectivity index (χ1) is 11.9. The van der Waals surface area contributed by atoms with Crippen LogP contribution in [0.3, 0.4) is 0 Å². The summed E-state index contributed by atoms with van der Waals surface area (Å²) in [5, 5.41) is 5.45. The zero-order valence-electron chi connectivity index (χ0n) is 15.4. The Morgan fingerprint density at radius 1 is 1.12 bits per heavy atom. The van der Waals surface area contributed by atoms with Crippen molar-refractivity contribution in [3.05, 3.63) is 33.7 Å². The Morgan fingerprint density at radius 3 is 2.28 bits per heavy atom. The van der Waals surface area contributed by atoms with Crippen molar-refractivity contribution in [1.29, 1.82) is 0 Å². The Kier molecular flexibility index (Phi) is 6.79. The third-order valence-electron chi connectivity index (χ3n) is 4.70. The molecule has 6 nitrogen and oxygen atoms in total. The molecule has 25 heavy (non-hydrogen) atoms. The molecule has 1 aliphatic carbocycles. The molecule has 0 atom stereocenters. The highest BCUT2D eigenvalue weighted by atomic mass is 16.2. The molecule has 0 saturated heterocycles. The summed E-state index contributed by atoms with van der Waals surface area (Å²) in [6, 6.07) is 0.119. The number of nitrogens with zero attached hydrogens (tertiary/aromatic N) is 1. The van der Waals surface area contributed by atoms with E-state index in [4.69, 9.17) is 0 Å². The number of carbonyl (C=O) groups is 2. The average molecular weight is 347 g/mol. The first-order valence-corrected chi connectivity index (χ1v) is 9.19. The van der Waals surface area contributed by atoms with Crippen molar-refractivity contribution in [1.82, 2.24) is 15.2 Å². The third kappa shape index (κ3) is 5.18. The van der Waals surface area contributed by atoms with Gasteiger partial charge < -0.3 is 15.2 Å². The van der Waals surface area contributed by atoms with Gasteiger partial charge in [-0.3, -0.25) is 14.4 Å². The van der Waals surface area contributed by atoms with E-state index in [1.54, 1.807) is 17.0 Å². The van der Waals surface area contributed by atoms with Gasteiger partial charge in [-0.15, -0.1) is 0 Å². The summed E-state index contributed by atoms with van der Waals surface area (Å²) in [5.41, 5.74) is -0.438. The van der Waals surface area contributed by atoms with E-state index < -0.39 is 11.3 Å². The quantitative estimate of drug-likeness (QED) is 0.829. The lowest BCUT2D eigenvalue weighted by molar-refractivity contribution is 0.0925. The lowest BCUT2D eigenvalue weighted by atomic mass is 9.95. The zero-order chi connectivity index (χ0) is 18.4. The molecule has 0 bridgehead atoms. The van der Waals surface area contributed by atoms with Gasteiger partial charge in [0.15, 0.2) is 0 Å². The van der Waals surface area contributed by atoms with Crippen LogP contribution < -0.4 is 16.1 Å². The van der Waals surface area contributed by atoms with Crippen LogP contribution in [0.2, 0.25) is 0 Å². The number of rotatable bonds is 6. The van der Waals surface area contributed by atoms with E-state index in [2.05, 4.69) is 24.5 Å². The Hall–Kier alpha value is -2.11. The van der Waals surface area contributed by atoms with Crippen LogP contribution in [-0.2, 0) is 6.54 Å². The predicted octanol–water partition coefficient (Wildman–Crippen LogP) is 2.32. The van der Waals surface area contributed by atoms with E-state index >= 15 is 0 Å². The van der Waals surface area contributed by atoms with Crippen molar-refractivity contribution < 1.29 is 9.59 Å². The molecule has 138 valence electrons. The van der Waals surface area contributed by atoms with Crippen molar-refractivity contribution in [3.63, 3.8) is 0 Å². The lowest BCUT2D eigenvalue weighted by Gasteiger charge is -2.23. The summed E-state index contributed by atoms with van der Waals surface area (Å²) in [6.07, 6.45) is 9.31. The second kappa shape index (κ2) is 8.83. The maximum atomic E-state index is 12.6. The minimum atomic E-state index is -0.506. The number of aromatic nitrogens is 1. The smallest absolute Gasteiger partial charge is 0.256 e. The van der Waals surface area contributed by atoms with Crippen molar-refractivity contribution in [2.24, 2.45) is 5.92 Å². The molecule has 0 radical (unpaired) electrons. The summed E-state index contributed by atoms with van der Waals surface area (Å²) in [6.45, 7) is 4.88. The fourth-order valence-corrected chi connectivity index (χ4v) is 3.14. The van der Waals surface area contributed by atoms with Gasteiger partial charge in [-0.1, -0.05) is 33.1 Å². The molecular formula is C19H29N3O3. The van der Waals surface area contributed by atoms with Crippen molar-refractivity contribution in [2.75, 3.05) is 7.05 Å². The van der Waals surface area contributed by atoms with Crippen LogP contribution in [0, 0.1) is 5.92 Å². The maximum Gasteiger partial charge on any atom is 0.256 e. The number of aryl methyl sites for hydroxylation is 1. The van der Waals surface area contributed by atoms with Gasteiger partial charge in [0.1, 0.15) is 11.1 Å². The zero-order valence-corrected chi connectivity index (χ0v) is 15.4. The van der Waals surface area contributed by atoms with Gasteiger partial charge in [0.05, 0.1) is 0 Å². The number of amides is 2. The topological polar surface area (TPSA) is 80.2 Å². The van der Waals surface area contributed by atoms with E-state index in [1.807, 2.05) is 0 Å². The second-order valence-corrected chi connectivity index (χ2v) is 7.22.